The zero-order chi connectivity index (χ0) is 70.2. The fourth-order valence-corrected chi connectivity index (χ4v) is 13.1. The molecule has 2 aliphatic rings. The Morgan fingerprint density at radius 2 is 0.755 bits per heavy atom. The van der Waals surface area contributed by atoms with Gasteiger partial charge in [-0.15, -0.1) is 0 Å². The Bertz CT molecular complexity index is 3800. The van der Waals surface area contributed by atoms with Crippen molar-refractivity contribution < 1.29 is 52.8 Å². The lowest BCUT2D eigenvalue weighted by Crippen LogP contribution is -2.36. The number of halogens is 3. The topological polar surface area (TPSA) is 289 Å². The van der Waals surface area contributed by atoms with E-state index in [1.165, 1.54) is 68.6 Å². The molecular formula is C64H94F3N15O9S3. The first kappa shape index (κ1) is 75.6. The van der Waals surface area contributed by atoms with Gasteiger partial charge in [-0.3, -0.25) is 23.8 Å². The second-order valence-corrected chi connectivity index (χ2v) is 30.8. The lowest BCUT2D eigenvalue weighted by molar-refractivity contribution is 0.168. The van der Waals surface area contributed by atoms with Crippen LogP contribution in [0.25, 0.3) is 0 Å². The van der Waals surface area contributed by atoms with Crippen LogP contribution < -0.4 is 30.1 Å². The second kappa shape index (κ2) is 31.5. The standard InChI is InChI=1S/C22H32FN5O3S.C21H30FN5O3S.C21H32FN5O3S/c1-13(2)18-9-15(23)10-19(14(3)4)21(18)24-22(29)26-32(30,31)20-11-17(28(6)25-20)12-27(5)16-7-8-16;1-13(2)17-9-15(22)10-18(14(3)4)20(17)23-21(28)25-31(29,30)19-11-16(26(5)24-19)12-27-7-6-8-27;1-8-26(6)12-16-11-19(24-27(16)7)31(29,30)25-21(28)23-20-17(13(2)3)9-15(22)10-18(20)14(4)5/h9-11,13-14,16H,7-8,12H2,1-6H3,(H2,24,26,29);9-11,13-14H,6-8,12H2,1-5H3,(H2,23,25,28);9-11,13-14H,8,12H2,1-7H3,(H2,23,25,28). The van der Waals surface area contributed by atoms with Gasteiger partial charge in [-0.25, -0.2) is 41.7 Å². The third-order valence-corrected chi connectivity index (χ3v) is 19.8. The minimum atomic E-state index is -4.18. The molecule has 1 aliphatic heterocycles. The van der Waals surface area contributed by atoms with Crippen LogP contribution in [0.15, 0.2) is 69.7 Å². The first-order chi connectivity index (χ1) is 43.7. The van der Waals surface area contributed by atoms with Crippen LogP contribution in [-0.4, -0.2) is 127 Å². The van der Waals surface area contributed by atoms with E-state index >= 15 is 0 Å². The molecule has 3 aromatic heterocycles. The smallest absolute Gasteiger partial charge is 0.307 e. The summed E-state index contributed by atoms with van der Waals surface area (Å²) in [7, 11) is -3.62. The monoisotopic (exact) mass is 1370 g/mol. The molecule has 3 aromatic carbocycles. The molecule has 518 valence electrons. The molecule has 0 unspecified atom stereocenters. The Morgan fingerprint density at radius 3 is 1.01 bits per heavy atom. The summed E-state index contributed by atoms with van der Waals surface area (Å²) in [5, 5.41) is 19.4. The predicted octanol–water partition coefficient (Wildman–Crippen LogP) is 11.2. The van der Waals surface area contributed by atoms with Crippen LogP contribution in [-0.2, 0) is 70.8 Å². The van der Waals surface area contributed by atoms with Gasteiger partial charge in [0.2, 0.25) is 0 Å². The molecule has 0 atom stereocenters. The summed E-state index contributed by atoms with van der Waals surface area (Å²) in [6.45, 7) is 29.0. The Kier molecular flexibility index (Phi) is 25.3. The van der Waals surface area contributed by atoms with E-state index in [2.05, 4.69) is 41.0 Å². The summed E-state index contributed by atoms with van der Waals surface area (Å²) in [6.07, 6.45) is 3.41. The number of likely N-dealkylation sites (tertiary alicyclic amines) is 1. The molecule has 0 spiro atoms. The highest BCUT2D eigenvalue weighted by atomic mass is 32.2. The summed E-state index contributed by atoms with van der Waals surface area (Å²) in [4.78, 5) is 44.2. The van der Waals surface area contributed by atoms with E-state index in [-0.39, 0.29) is 50.6 Å². The minimum Gasteiger partial charge on any atom is -0.307 e. The van der Waals surface area contributed by atoms with Crippen LogP contribution in [0.1, 0.15) is 195 Å². The van der Waals surface area contributed by atoms with E-state index in [1.807, 2.05) is 123 Å². The van der Waals surface area contributed by atoms with Gasteiger partial charge in [-0.2, -0.15) is 40.5 Å². The van der Waals surface area contributed by atoms with Crippen molar-refractivity contribution in [1.82, 2.24) is 58.2 Å². The van der Waals surface area contributed by atoms with E-state index in [0.29, 0.717) is 81.8 Å². The zero-order valence-electron chi connectivity index (χ0n) is 57.2. The number of benzene rings is 3. The van der Waals surface area contributed by atoms with Gasteiger partial charge < -0.3 is 20.9 Å². The van der Waals surface area contributed by atoms with Gasteiger partial charge in [0.15, 0.2) is 15.1 Å². The average molecular weight is 1370 g/mol. The number of anilines is 3. The molecular weight excluding hydrogens is 1280 g/mol. The number of amides is 6. The SMILES string of the molecule is CC(C)c1cc(F)cc(C(C)C)c1NC(=O)NS(=O)(=O)c1cc(CN(C)C2CC2)n(C)n1.CC(C)c1cc(F)cc(C(C)C)c1NC(=O)NS(=O)(=O)c1cc(CN2CCC2)n(C)n1.CCN(C)Cc1cc(S(=O)(=O)NC(=O)Nc2c(C(C)C)cc(F)cc2C(C)C)nn1C. The van der Waals surface area contributed by atoms with Crippen molar-refractivity contribution in [2.24, 2.45) is 21.1 Å². The largest absolute Gasteiger partial charge is 0.333 e. The molecule has 1 saturated heterocycles. The highest BCUT2D eigenvalue weighted by Crippen LogP contribution is 2.37. The molecule has 8 rings (SSSR count). The predicted molar refractivity (Wildman–Crippen MR) is 358 cm³/mol. The van der Waals surface area contributed by atoms with Gasteiger partial charge in [0, 0.05) is 82.1 Å². The molecule has 1 saturated carbocycles. The van der Waals surface area contributed by atoms with E-state index in [9.17, 15) is 52.8 Å². The molecule has 24 nitrogen and oxygen atoms in total. The summed E-state index contributed by atoms with van der Waals surface area (Å²) in [6, 6.07) is 10.3. The molecule has 2 fully saturated rings. The van der Waals surface area contributed by atoms with Gasteiger partial charge in [0.25, 0.3) is 30.1 Å². The molecule has 30 heteroatoms. The van der Waals surface area contributed by atoms with Crippen molar-refractivity contribution in [2.75, 3.05) is 49.7 Å². The first-order valence-corrected chi connectivity index (χ1v) is 35.9. The highest BCUT2D eigenvalue weighted by Gasteiger charge is 2.31. The van der Waals surface area contributed by atoms with Gasteiger partial charge in [-0.05, 0) is 158 Å². The number of hydrogen-bond donors (Lipinski definition) is 6. The molecule has 6 aromatic rings. The Balaban J connectivity index is 0.000000223. The fraction of sp³-hybridized carbons (Fsp3) is 0.531. The summed E-state index contributed by atoms with van der Waals surface area (Å²) in [5.41, 5.74) is 7.07. The Hall–Kier alpha value is -7.38. The summed E-state index contributed by atoms with van der Waals surface area (Å²) < 4.78 is 129. The maximum Gasteiger partial charge on any atom is 0.333 e. The van der Waals surface area contributed by atoms with Crippen molar-refractivity contribution in [2.45, 2.75) is 186 Å². The van der Waals surface area contributed by atoms with Gasteiger partial charge >= 0.3 is 18.1 Å². The average Bonchev–Trinajstić information content (AvgIpc) is 0.847. The fourth-order valence-electron chi connectivity index (χ4n) is 10.4. The van der Waals surface area contributed by atoms with Gasteiger partial charge in [-0.1, -0.05) is 90.0 Å². The third-order valence-electron chi connectivity index (χ3n) is 16.2. The molecule has 0 bridgehead atoms. The summed E-state index contributed by atoms with van der Waals surface area (Å²) in [5.74, 6) is -1.62. The maximum atomic E-state index is 14.1. The van der Waals surface area contributed by atoms with Gasteiger partial charge in [0.1, 0.15) is 17.5 Å². The van der Waals surface area contributed by atoms with Crippen LogP contribution in [0, 0.1) is 17.5 Å². The normalized spacial score (nSPS) is 13.8. The zero-order valence-corrected chi connectivity index (χ0v) is 59.6. The van der Waals surface area contributed by atoms with E-state index in [0.717, 1.165) is 50.3 Å². The number of carbonyl (C=O) groups is 3. The minimum absolute atomic E-state index is 0.0695. The number of rotatable bonds is 23. The number of aryl methyl sites for hydroxylation is 3. The van der Waals surface area contributed by atoms with Gasteiger partial charge in [0.05, 0.1) is 17.1 Å². The van der Waals surface area contributed by atoms with Crippen LogP contribution in [0.4, 0.5) is 44.6 Å². The Labute approximate surface area is 552 Å². The highest BCUT2D eigenvalue weighted by molar-refractivity contribution is 7.90. The van der Waals surface area contributed by atoms with Crippen molar-refractivity contribution in [1.29, 1.82) is 0 Å². The van der Waals surface area contributed by atoms with Crippen molar-refractivity contribution in [3.8, 4) is 0 Å². The number of hydrogen-bond acceptors (Lipinski definition) is 15. The molecule has 6 amide bonds. The van der Waals surface area contributed by atoms with Crippen LogP contribution >= 0.6 is 0 Å². The van der Waals surface area contributed by atoms with Crippen molar-refractivity contribution in [3.63, 3.8) is 0 Å². The van der Waals surface area contributed by atoms with Crippen molar-refractivity contribution in [3.05, 3.63) is 123 Å². The molecule has 4 heterocycles. The van der Waals surface area contributed by atoms with Crippen molar-refractivity contribution >= 4 is 65.2 Å². The number of nitrogens with zero attached hydrogens (tertiary/aromatic N) is 9. The number of carbonyl (C=O) groups excluding carboxylic acids is 3. The number of urea groups is 3. The second-order valence-electron chi connectivity index (χ2n) is 25.9. The first-order valence-electron chi connectivity index (χ1n) is 31.4. The van der Waals surface area contributed by atoms with Crippen LogP contribution in [0.3, 0.4) is 0 Å². The quantitative estimate of drug-likeness (QED) is 0.0348. The number of sulfonamides is 3. The maximum absolute atomic E-state index is 14.1. The number of aromatic nitrogens is 6. The lowest BCUT2D eigenvalue weighted by Gasteiger charge is -2.30. The Morgan fingerprint density at radius 1 is 0.479 bits per heavy atom. The summed E-state index contributed by atoms with van der Waals surface area (Å²) >= 11 is 0. The van der Waals surface area contributed by atoms with E-state index in [1.54, 1.807) is 21.1 Å². The number of nitrogens with one attached hydrogen (secondary N) is 6. The van der Waals surface area contributed by atoms with E-state index < -0.39 is 65.6 Å². The molecule has 0 radical (unpaired) electrons. The third kappa shape index (κ3) is 19.9. The molecule has 94 heavy (non-hydrogen) atoms. The molecule has 1 aliphatic carbocycles. The molecule has 6 N–H and O–H groups in total. The lowest BCUT2D eigenvalue weighted by atomic mass is 9.92. The van der Waals surface area contributed by atoms with Crippen LogP contribution in [0.5, 0.6) is 0 Å². The van der Waals surface area contributed by atoms with Crippen LogP contribution in [0.2, 0.25) is 0 Å². The van der Waals surface area contributed by atoms with E-state index in [4.69, 9.17) is 0 Å².